The number of benzene rings is 2. The van der Waals surface area contributed by atoms with Gasteiger partial charge in [0.1, 0.15) is 11.5 Å². The fraction of sp³-hybridized carbons (Fsp3) is 0.167. The summed E-state index contributed by atoms with van der Waals surface area (Å²) in [5.41, 5.74) is -8.07. The van der Waals surface area contributed by atoms with E-state index in [0.717, 1.165) is 13.1 Å². The lowest BCUT2D eigenvalue weighted by atomic mass is 10.2. The van der Waals surface area contributed by atoms with Crippen LogP contribution in [0, 0.1) is 6.92 Å². The van der Waals surface area contributed by atoms with E-state index in [1.165, 1.54) is 19.1 Å². The fourth-order valence-corrected chi connectivity index (χ4v) is 4.10. The summed E-state index contributed by atoms with van der Waals surface area (Å²) in [5, 5.41) is -0.557. The highest BCUT2D eigenvalue weighted by Crippen LogP contribution is 2.39. The van der Waals surface area contributed by atoms with Crippen molar-refractivity contribution in [3.8, 4) is 17.2 Å². The number of hydrogen-bond acceptors (Lipinski definition) is 6. The molecule has 0 saturated carbocycles. The number of aryl methyl sites for hydroxylation is 1. The maximum atomic E-state index is 12.7. The molecule has 1 N–H and O–H groups in total. The normalized spacial score (nSPS) is 12.1. The molecule has 1 aromatic heterocycles. The zero-order valence-corrected chi connectivity index (χ0v) is 18.9. The highest BCUT2D eigenvalue weighted by Gasteiger charge is 2.47. The standard InChI is InChI=1S/C18H12Cl2F3N3O6S/c1-8-5-9(26-16(28)24-15(27)25(2)17(26)29)6-12(20)14(8)32-13-4-3-10(7-11(13)19)33(30,31)18(21,22)23/h3-7H,1-2H3,(H,24,27,28). The first-order valence-electron chi connectivity index (χ1n) is 8.67. The van der Waals surface area contributed by atoms with Crippen molar-refractivity contribution < 1.29 is 26.3 Å². The second-order valence-corrected chi connectivity index (χ2v) is 9.38. The van der Waals surface area contributed by atoms with Crippen LogP contribution in [-0.2, 0) is 16.9 Å². The van der Waals surface area contributed by atoms with E-state index in [1.807, 2.05) is 4.98 Å². The lowest BCUT2D eigenvalue weighted by molar-refractivity contribution is -0.0436. The minimum Gasteiger partial charge on any atom is -0.454 e. The van der Waals surface area contributed by atoms with Gasteiger partial charge >= 0.3 is 22.6 Å². The zero-order chi connectivity index (χ0) is 24.9. The van der Waals surface area contributed by atoms with Gasteiger partial charge in [0.25, 0.3) is 9.84 Å². The number of alkyl halides is 3. The Hall–Kier alpha value is -3.03. The number of rotatable bonds is 4. The number of hydrogen-bond donors (Lipinski definition) is 1. The third-order valence-corrected chi connectivity index (χ3v) is 6.46. The molecule has 0 amide bonds. The van der Waals surface area contributed by atoms with E-state index in [0.29, 0.717) is 21.3 Å². The van der Waals surface area contributed by atoms with Crippen LogP contribution < -0.4 is 21.8 Å². The molecule has 3 rings (SSSR count). The third-order valence-electron chi connectivity index (χ3n) is 4.40. The molecule has 0 spiro atoms. The van der Waals surface area contributed by atoms with Crippen molar-refractivity contribution in [2.45, 2.75) is 17.3 Å². The highest BCUT2D eigenvalue weighted by molar-refractivity contribution is 7.92. The summed E-state index contributed by atoms with van der Waals surface area (Å²) >= 11 is 12.1. The van der Waals surface area contributed by atoms with E-state index in [-0.39, 0.29) is 27.8 Å². The van der Waals surface area contributed by atoms with E-state index in [9.17, 15) is 36.0 Å². The van der Waals surface area contributed by atoms with Crippen molar-refractivity contribution in [3.63, 3.8) is 0 Å². The monoisotopic (exact) mass is 525 g/mol. The van der Waals surface area contributed by atoms with Gasteiger partial charge in [0.15, 0.2) is 0 Å². The van der Waals surface area contributed by atoms with Gasteiger partial charge in [-0.05, 0) is 42.8 Å². The number of sulfone groups is 1. The van der Waals surface area contributed by atoms with Crippen molar-refractivity contribution in [2.24, 2.45) is 7.05 Å². The molecule has 0 aliphatic rings. The van der Waals surface area contributed by atoms with Crippen LogP contribution in [0.3, 0.4) is 0 Å². The molecule has 1 heterocycles. The van der Waals surface area contributed by atoms with Crippen LogP contribution in [0.25, 0.3) is 5.69 Å². The van der Waals surface area contributed by atoms with Crippen LogP contribution in [0.2, 0.25) is 10.0 Å². The van der Waals surface area contributed by atoms with Gasteiger partial charge in [-0.15, -0.1) is 0 Å². The van der Waals surface area contributed by atoms with Crippen LogP contribution in [0.5, 0.6) is 11.5 Å². The minimum atomic E-state index is -5.61. The predicted molar refractivity (Wildman–Crippen MR) is 112 cm³/mol. The summed E-state index contributed by atoms with van der Waals surface area (Å²) in [7, 11) is -4.45. The van der Waals surface area contributed by atoms with Crippen molar-refractivity contribution in [1.29, 1.82) is 0 Å². The van der Waals surface area contributed by atoms with E-state index >= 15 is 0 Å². The topological polar surface area (TPSA) is 120 Å². The molecular weight excluding hydrogens is 514 g/mol. The number of aromatic amines is 1. The second kappa shape index (κ2) is 8.39. The summed E-state index contributed by atoms with van der Waals surface area (Å²) in [5.74, 6) is -0.226. The smallest absolute Gasteiger partial charge is 0.454 e. The maximum Gasteiger partial charge on any atom is 0.501 e. The van der Waals surface area contributed by atoms with E-state index in [1.54, 1.807) is 0 Å². The number of ether oxygens (including phenoxy) is 1. The molecule has 3 aromatic rings. The van der Waals surface area contributed by atoms with Gasteiger partial charge in [-0.25, -0.2) is 31.9 Å². The lowest BCUT2D eigenvalue weighted by Gasteiger charge is -2.15. The average Bonchev–Trinajstić information content (AvgIpc) is 2.69. The summed E-state index contributed by atoms with van der Waals surface area (Å²) in [6, 6.07) is 4.69. The maximum absolute atomic E-state index is 12.7. The van der Waals surface area contributed by atoms with Crippen molar-refractivity contribution in [1.82, 2.24) is 14.1 Å². The first-order chi connectivity index (χ1) is 15.1. The van der Waals surface area contributed by atoms with Crippen molar-refractivity contribution in [3.05, 3.63) is 77.4 Å². The summed E-state index contributed by atoms with van der Waals surface area (Å²) in [4.78, 5) is 36.9. The highest BCUT2D eigenvalue weighted by atomic mass is 35.5. The zero-order valence-electron chi connectivity index (χ0n) is 16.5. The van der Waals surface area contributed by atoms with Gasteiger partial charge in [0, 0.05) is 7.05 Å². The van der Waals surface area contributed by atoms with E-state index < -0.39 is 42.3 Å². The van der Waals surface area contributed by atoms with Gasteiger partial charge in [-0.2, -0.15) is 13.2 Å². The molecule has 33 heavy (non-hydrogen) atoms. The molecule has 0 atom stereocenters. The van der Waals surface area contributed by atoms with Crippen molar-refractivity contribution in [2.75, 3.05) is 0 Å². The second-order valence-electron chi connectivity index (χ2n) is 6.63. The number of halogens is 5. The molecule has 2 aromatic carbocycles. The number of nitrogens with one attached hydrogen (secondary N) is 1. The predicted octanol–water partition coefficient (Wildman–Crippen LogP) is 2.93. The molecule has 0 bridgehead atoms. The summed E-state index contributed by atoms with van der Waals surface area (Å²) in [6.45, 7) is 1.49. The SMILES string of the molecule is Cc1cc(-n2c(=O)[nH]c(=O)n(C)c2=O)cc(Cl)c1Oc1ccc(S(=O)(=O)C(F)(F)F)cc1Cl. The molecule has 176 valence electrons. The third kappa shape index (κ3) is 4.43. The number of aromatic nitrogens is 3. The summed E-state index contributed by atoms with van der Waals surface area (Å²) < 4.78 is 68.2. The van der Waals surface area contributed by atoms with Crippen LogP contribution >= 0.6 is 23.2 Å². The molecule has 0 saturated heterocycles. The first-order valence-corrected chi connectivity index (χ1v) is 10.9. The molecule has 0 fully saturated rings. The van der Waals surface area contributed by atoms with Gasteiger partial charge in [-0.3, -0.25) is 4.98 Å². The molecule has 9 nitrogen and oxygen atoms in total. The van der Waals surface area contributed by atoms with E-state index in [4.69, 9.17) is 27.9 Å². The van der Waals surface area contributed by atoms with E-state index in [2.05, 4.69) is 0 Å². The Labute approximate surface area is 192 Å². The van der Waals surface area contributed by atoms with Gasteiger partial charge in [0.2, 0.25) is 0 Å². The summed E-state index contributed by atoms with van der Waals surface area (Å²) in [6.07, 6.45) is 0. The Morgan fingerprint density at radius 1 is 1.00 bits per heavy atom. The number of nitrogens with zero attached hydrogens (tertiary/aromatic N) is 2. The first kappa shape index (κ1) is 24.6. The molecule has 15 heteroatoms. The Bertz CT molecular complexity index is 1540. The van der Waals surface area contributed by atoms with Crippen LogP contribution in [0.15, 0.2) is 49.6 Å². The largest absolute Gasteiger partial charge is 0.501 e. The van der Waals surface area contributed by atoms with Crippen LogP contribution in [-0.4, -0.2) is 28.0 Å². The molecule has 0 aliphatic heterocycles. The Kier molecular flexibility index (Phi) is 6.26. The fourth-order valence-electron chi connectivity index (χ4n) is 2.73. The molecule has 0 aliphatic carbocycles. The van der Waals surface area contributed by atoms with Crippen LogP contribution in [0.4, 0.5) is 13.2 Å². The molecular formula is C18H12Cl2F3N3O6S. The minimum absolute atomic E-state index is 0.00409. The molecule has 0 radical (unpaired) electrons. The van der Waals surface area contributed by atoms with Gasteiger partial charge in [-0.1, -0.05) is 23.2 Å². The van der Waals surface area contributed by atoms with Crippen molar-refractivity contribution >= 4 is 33.0 Å². The van der Waals surface area contributed by atoms with Gasteiger partial charge < -0.3 is 4.74 Å². The molecule has 0 unspecified atom stereocenters. The van der Waals surface area contributed by atoms with Gasteiger partial charge in [0.05, 0.1) is 20.6 Å². The Morgan fingerprint density at radius 2 is 1.64 bits per heavy atom. The Morgan fingerprint density at radius 3 is 2.18 bits per heavy atom. The lowest BCUT2D eigenvalue weighted by Crippen LogP contribution is -2.47. The average molecular weight is 526 g/mol. The van der Waals surface area contributed by atoms with Crippen LogP contribution in [0.1, 0.15) is 5.56 Å². The number of H-pyrrole nitrogens is 1. The quantitative estimate of drug-likeness (QED) is 0.559. The Balaban J connectivity index is 2.05.